The second kappa shape index (κ2) is 10.3. The van der Waals surface area contributed by atoms with E-state index in [-0.39, 0.29) is 19.0 Å². The molecule has 0 bridgehead atoms. The summed E-state index contributed by atoms with van der Waals surface area (Å²) in [5, 5.41) is 2.83. The fraction of sp³-hybridized carbons (Fsp3) is 0.208. The van der Waals surface area contributed by atoms with Gasteiger partial charge < -0.3 is 5.32 Å². The van der Waals surface area contributed by atoms with Gasteiger partial charge in [0.2, 0.25) is 5.91 Å². The number of nitrogens with one attached hydrogen (secondary N) is 1. The first-order valence-electron chi connectivity index (χ1n) is 10.4. The van der Waals surface area contributed by atoms with Crippen molar-refractivity contribution in [3.05, 3.63) is 99.0 Å². The highest BCUT2D eigenvalue weighted by Gasteiger charge is 2.16. The number of nitrogens with zero attached hydrogens (tertiary/aromatic N) is 4. The van der Waals surface area contributed by atoms with Crippen LogP contribution in [0.2, 0.25) is 0 Å². The zero-order chi connectivity index (χ0) is 23.2. The van der Waals surface area contributed by atoms with E-state index in [1.807, 2.05) is 30.5 Å². The van der Waals surface area contributed by atoms with Gasteiger partial charge in [-0.1, -0.05) is 12.1 Å². The van der Waals surface area contributed by atoms with E-state index in [0.29, 0.717) is 24.1 Å². The molecule has 0 fully saturated rings. The van der Waals surface area contributed by atoms with E-state index in [0.717, 1.165) is 11.1 Å². The smallest absolute Gasteiger partial charge is 0.318 e. The van der Waals surface area contributed by atoms with Crippen molar-refractivity contribution < 1.29 is 4.79 Å². The van der Waals surface area contributed by atoms with Gasteiger partial charge in [-0.25, -0.2) is 4.98 Å². The van der Waals surface area contributed by atoms with Crippen LogP contribution in [0.4, 0.5) is 0 Å². The maximum absolute atomic E-state index is 12.9. The van der Waals surface area contributed by atoms with Crippen LogP contribution in [-0.2, 0) is 24.3 Å². The fourth-order valence-electron chi connectivity index (χ4n) is 3.56. The van der Waals surface area contributed by atoms with Crippen LogP contribution >= 0.6 is 11.8 Å². The number of thioether (sulfide) groups is 1. The van der Waals surface area contributed by atoms with E-state index in [2.05, 4.69) is 15.3 Å². The number of hydrogen-bond acceptors (Lipinski definition) is 6. The molecular weight excluding hydrogens is 438 g/mol. The van der Waals surface area contributed by atoms with Gasteiger partial charge in [0.25, 0.3) is 0 Å². The molecular formula is C24H23N5O3S. The van der Waals surface area contributed by atoms with Crippen LogP contribution in [0.5, 0.6) is 0 Å². The molecule has 9 heteroatoms. The van der Waals surface area contributed by atoms with E-state index in [4.69, 9.17) is 0 Å². The molecule has 3 aromatic heterocycles. The molecule has 1 aromatic carbocycles. The van der Waals surface area contributed by atoms with E-state index < -0.39 is 11.1 Å². The third kappa shape index (κ3) is 5.20. The first kappa shape index (κ1) is 22.5. The largest absolute Gasteiger partial charge is 0.354 e. The Morgan fingerprint density at radius 1 is 0.939 bits per heavy atom. The van der Waals surface area contributed by atoms with Gasteiger partial charge in [0, 0.05) is 30.0 Å². The van der Waals surface area contributed by atoms with Crippen molar-refractivity contribution in [2.75, 3.05) is 12.8 Å². The second-order valence-corrected chi connectivity index (χ2v) is 8.31. The molecule has 4 rings (SSSR count). The van der Waals surface area contributed by atoms with Crippen molar-refractivity contribution in [3.63, 3.8) is 0 Å². The summed E-state index contributed by atoms with van der Waals surface area (Å²) in [5.41, 5.74) is 1.23. The Bertz CT molecular complexity index is 1380. The number of amides is 1. The lowest BCUT2D eigenvalue weighted by atomic mass is 10.1. The van der Waals surface area contributed by atoms with E-state index in [1.165, 1.54) is 14.0 Å². The van der Waals surface area contributed by atoms with Crippen molar-refractivity contribution in [3.8, 4) is 0 Å². The molecule has 0 saturated heterocycles. The van der Waals surface area contributed by atoms with Crippen LogP contribution in [0, 0.1) is 0 Å². The van der Waals surface area contributed by atoms with Gasteiger partial charge in [0.15, 0.2) is 5.65 Å². The van der Waals surface area contributed by atoms with E-state index in [9.17, 15) is 14.4 Å². The van der Waals surface area contributed by atoms with Crippen LogP contribution in [0.3, 0.4) is 0 Å². The molecule has 168 valence electrons. The predicted molar refractivity (Wildman–Crippen MR) is 129 cm³/mol. The van der Waals surface area contributed by atoms with Gasteiger partial charge >= 0.3 is 11.1 Å². The Morgan fingerprint density at radius 2 is 1.67 bits per heavy atom. The van der Waals surface area contributed by atoms with Crippen molar-refractivity contribution in [1.29, 1.82) is 0 Å². The lowest BCUT2D eigenvalue weighted by molar-refractivity contribution is -0.121. The summed E-state index contributed by atoms with van der Waals surface area (Å²) in [7, 11) is 0. The van der Waals surface area contributed by atoms with Crippen LogP contribution in [-0.4, -0.2) is 37.8 Å². The highest BCUT2D eigenvalue weighted by atomic mass is 32.2. The summed E-state index contributed by atoms with van der Waals surface area (Å²) in [6.45, 7) is 0.367. The third-order valence-electron chi connectivity index (χ3n) is 5.27. The van der Waals surface area contributed by atoms with Gasteiger partial charge in [-0.2, -0.15) is 0 Å². The van der Waals surface area contributed by atoms with Crippen LogP contribution in [0.1, 0.15) is 11.1 Å². The molecule has 3 heterocycles. The van der Waals surface area contributed by atoms with E-state index in [1.54, 1.807) is 54.6 Å². The maximum Gasteiger partial charge on any atom is 0.318 e. The first-order chi connectivity index (χ1) is 16.1. The zero-order valence-electron chi connectivity index (χ0n) is 18.1. The third-order valence-corrected chi connectivity index (χ3v) is 6.02. The quantitative estimate of drug-likeness (QED) is 0.319. The summed E-state index contributed by atoms with van der Waals surface area (Å²) < 4.78 is 2.52. The standard InChI is InChI=1S/C24H23N5O3S/c1-33-19-6-4-17(5-7-19)10-14-26-21(30)16-28-20-3-2-11-27-22(20)29(24(32)23(28)31)15-18-8-12-25-13-9-18/h2-9,11-13H,10,14-16H2,1H3,(H,26,30). The van der Waals surface area contributed by atoms with E-state index >= 15 is 0 Å². The number of fused-ring (bicyclic) bond motifs is 1. The topological polar surface area (TPSA) is 98.9 Å². The average Bonchev–Trinajstić information content (AvgIpc) is 2.85. The van der Waals surface area contributed by atoms with Gasteiger partial charge in [-0.05, 0) is 60.2 Å². The Kier molecular flexibility index (Phi) is 6.99. The van der Waals surface area contributed by atoms with Crippen molar-refractivity contribution in [1.82, 2.24) is 24.4 Å². The van der Waals surface area contributed by atoms with Gasteiger partial charge in [-0.3, -0.25) is 28.5 Å². The molecule has 0 radical (unpaired) electrons. The molecule has 4 aromatic rings. The minimum atomic E-state index is -0.757. The molecule has 0 spiro atoms. The zero-order valence-corrected chi connectivity index (χ0v) is 18.9. The molecule has 1 N–H and O–H groups in total. The molecule has 1 amide bonds. The molecule has 33 heavy (non-hydrogen) atoms. The minimum absolute atomic E-state index is 0.187. The number of rotatable bonds is 8. The molecule has 0 aliphatic heterocycles. The van der Waals surface area contributed by atoms with Crippen molar-refractivity contribution in [2.24, 2.45) is 0 Å². The molecule has 0 unspecified atom stereocenters. The number of benzene rings is 1. The number of carbonyl (C=O) groups excluding carboxylic acids is 1. The normalized spacial score (nSPS) is 10.9. The second-order valence-electron chi connectivity index (χ2n) is 7.43. The molecule has 0 atom stereocenters. The Hall–Kier alpha value is -3.72. The maximum atomic E-state index is 12.9. The minimum Gasteiger partial charge on any atom is -0.354 e. The first-order valence-corrected chi connectivity index (χ1v) is 11.7. The van der Waals surface area contributed by atoms with Gasteiger partial charge in [-0.15, -0.1) is 11.8 Å². The number of pyridine rings is 2. The van der Waals surface area contributed by atoms with Crippen LogP contribution in [0.25, 0.3) is 11.2 Å². The SMILES string of the molecule is CSc1ccc(CCNC(=O)Cn2c(=O)c(=O)n(Cc3ccncc3)c3ncccc32)cc1. The van der Waals surface area contributed by atoms with Crippen LogP contribution in [0.15, 0.2) is 81.6 Å². The van der Waals surface area contributed by atoms with Crippen molar-refractivity contribution in [2.45, 2.75) is 24.4 Å². The summed E-state index contributed by atoms with van der Waals surface area (Å²) in [6.07, 6.45) is 7.50. The van der Waals surface area contributed by atoms with Crippen molar-refractivity contribution >= 4 is 28.8 Å². The molecule has 0 saturated carbocycles. The molecule has 8 nitrogen and oxygen atoms in total. The lowest BCUT2D eigenvalue weighted by Crippen LogP contribution is -2.44. The predicted octanol–water partition coefficient (Wildman–Crippen LogP) is 2.08. The number of carbonyl (C=O) groups is 1. The summed E-state index contributed by atoms with van der Waals surface area (Å²) in [5.74, 6) is -0.339. The summed E-state index contributed by atoms with van der Waals surface area (Å²) in [4.78, 5) is 47.8. The highest BCUT2D eigenvalue weighted by Crippen LogP contribution is 2.15. The lowest BCUT2D eigenvalue weighted by Gasteiger charge is -2.14. The number of aromatic nitrogens is 4. The Morgan fingerprint density at radius 3 is 2.39 bits per heavy atom. The summed E-state index contributed by atoms with van der Waals surface area (Å²) >= 11 is 1.67. The molecule has 0 aliphatic carbocycles. The van der Waals surface area contributed by atoms with Gasteiger partial charge in [0.05, 0.1) is 12.1 Å². The highest BCUT2D eigenvalue weighted by molar-refractivity contribution is 7.98. The fourth-order valence-corrected chi connectivity index (χ4v) is 3.96. The summed E-state index contributed by atoms with van der Waals surface area (Å²) in [6, 6.07) is 15.1. The Balaban J connectivity index is 1.53. The van der Waals surface area contributed by atoms with Gasteiger partial charge in [0.1, 0.15) is 6.54 Å². The van der Waals surface area contributed by atoms with Crippen LogP contribution < -0.4 is 16.4 Å². The molecule has 0 aliphatic rings. The number of hydrogen-bond donors (Lipinski definition) is 1. The average molecular weight is 462 g/mol. The monoisotopic (exact) mass is 461 g/mol. The Labute approximate surface area is 194 Å².